The van der Waals surface area contributed by atoms with Gasteiger partial charge in [-0.3, -0.25) is 10.1 Å². The molecule has 3 atom stereocenters. The van der Waals surface area contributed by atoms with Crippen molar-refractivity contribution in [3.05, 3.63) is 35.9 Å². The van der Waals surface area contributed by atoms with E-state index in [1.165, 1.54) is 0 Å². The minimum atomic E-state index is -1.10. The third-order valence-corrected chi connectivity index (χ3v) is 2.76. The summed E-state index contributed by atoms with van der Waals surface area (Å²) in [5, 5.41) is 21.5. The molecule has 0 bridgehead atoms. The Hall–Kier alpha value is -1.43. The van der Waals surface area contributed by atoms with Crippen molar-refractivity contribution < 1.29 is 19.7 Å². The first-order chi connectivity index (χ1) is 8.18. The Bertz CT molecular complexity index is 381. The smallest absolute Gasteiger partial charge is 0.326 e. The fourth-order valence-corrected chi connectivity index (χ4v) is 1.75. The minimum absolute atomic E-state index is 0.167. The molecular formula is C12H15NO4. The lowest BCUT2D eigenvalue weighted by Gasteiger charge is -2.14. The zero-order valence-corrected chi connectivity index (χ0v) is 9.24. The molecular weight excluding hydrogens is 222 g/mol. The lowest BCUT2D eigenvalue weighted by atomic mass is 10.1. The second kappa shape index (κ2) is 5.27. The molecule has 0 radical (unpaired) electrons. The van der Waals surface area contributed by atoms with Gasteiger partial charge in [0.1, 0.15) is 18.8 Å². The Morgan fingerprint density at radius 3 is 2.65 bits per heavy atom. The maximum Gasteiger partial charge on any atom is 0.326 e. The number of carbonyl (C=O) groups is 1. The van der Waals surface area contributed by atoms with Crippen molar-refractivity contribution in [1.29, 1.82) is 0 Å². The van der Waals surface area contributed by atoms with Gasteiger partial charge in [0, 0.05) is 6.54 Å². The predicted molar refractivity (Wildman–Crippen MR) is 60.0 cm³/mol. The van der Waals surface area contributed by atoms with Gasteiger partial charge >= 0.3 is 5.97 Å². The molecule has 1 fully saturated rings. The lowest BCUT2D eigenvalue weighted by Crippen LogP contribution is -2.41. The molecule has 1 aromatic carbocycles. The highest BCUT2D eigenvalue weighted by atomic mass is 16.5. The first kappa shape index (κ1) is 12.0. The van der Waals surface area contributed by atoms with Gasteiger partial charge in [0.25, 0.3) is 0 Å². The van der Waals surface area contributed by atoms with E-state index in [4.69, 9.17) is 4.74 Å². The molecule has 0 spiro atoms. The molecule has 0 saturated carbocycles. The summed E-state index contributed by atoms with van der Waals surface area (Å²) in [4.78, 5) is 11.6. The second-order valence-electron chi connectivity index (χ2n) is 4.04. The number of carbonyl (C=O) groups excluding carboxylic acids is 1. The fraction of sp³-hybridized carbons (Fsp3) is 0.417. The van der Waals surface area contributed by atoms with Crippen molar-refractivity contribution in [2.45, 2.75) is 24.9 Å². The number of aliphatic hydroxyl groups excluding tert-OH is 2. The standard InChI is InChI=1S/C12H15NO4/c14-9-6-13-10(11(9)15)12(16)17-7-8-4-2-1-3-5-8/h1-5,9-11,13-15H,6-7H2/t9-,10-,11-/m0/s1. The van der Waals surface area contributed by atoms with Crippen LogP contribution in [0.15, 0.2) is 30.3 Å². The maximum atomic E-state index is 11.6. The average Bonchev–Trinajstić information content (AvgIpc) is 2.69. The maximum absolute atomic E-state index is 11.6. The number of hydrogen-bond donors (Lipinski definition) is 3. The third kappa shape index (κ3) is 2.82. The van der Waals surface area contributed by atoms with E-state index in [9.17, 15) is 15.0 Å². The van der Waals surface area contributed by atoms with E-state index < -0.39 is 24.2 Å². The van der Waals surface area contributed by atoms with Gasteiger partial charge in [-0.1, -0.05) is 30.3 Å². The highest BCUT2D eigenvalue weighted by Gasteiger charge is 2.38. The number of rotatable bonds is 3. The third-order valence-electron chi connectivity index (χ3n) is 2.76. The zero-order chi connectivity index (χ0) is 12.3. The highest BCUT2D eigenvalue weighted by Crippen LogP contribution is 2.10. The number of esters is 1. The van der Waals surface area contributed by atoms with Gasteiger partial charge in [-0.2, -0.15) is 0 Å². The van der Waals surface area contributed by atoms with E-state index in [0.29, 0.717) is 0 Å². The van der Waals surface area contributed by atoms with Gasteiger partial charge in [-0.25, -0.2) is 0 Å². The number of β-amino-alcohol motifs (C(OH)–C–C–N with tert-alkyl or cyclic N) is 1. The van der Waals surface area contributed by atoms with E-state index >= 15 is 0 Å². The molecule has 92 valence electrons. The summed E-state index contributed by atoms with van der Waals surface area (Å²) in [5.74, 6) is -0.544. The topological polar surface area (TPSA) is 78.8 Å². The van der Waals surface area contributed by atoms with Crippen LogP contribution < -0.4 is 5.32 Å². The molecule has 1 aliphatic rings. The van der Waals surface area contributed by atoms with Crippen LogP contribution in [0, 0.1) is 0 Å². The summed E-state index contributed by atoms with van der Waals surface area (Å²) in [6.07, 6.45) is -2.01. The van der Waals surface area contributed by atoms with Crippen molar-refractivity contribution in [2.75, 3.05) is 6.54 Å². The van der Waals surface area contributed by atoms with Crippen LogP contribution in [0.5, 0.6) is 0 Å². The van der Waals surface area contributed by atoms with Gasteiger partial charge in [-0.15, -0.1) is 0 Å². The molecule has 1 saturated heterocycles. The Morgan fingerprint density at radius 1 is 1.35 bits per heavy atom. The van der Waals surface area contributed by atoms with Crippen LogP contribution in [-0.2, 0) is 16.1 Å². The first-order valence-electron chi connectivity index (χ1n) is 5.48. The number of hydrogen-bond acceptors (Lipinski definition) is 5. The minimum Gasteiger partial charge on any atom is -0.460 e. The number of ether oxygens (including phenoxy) is 1. The van der Waals surface area contributed by atoms with Crippen molar-refractivity contribution >= 4 is 5.97 Å². The van der Waals surface area contributed by atoms with Gasteiger partial charge in [0.15, 0.2) is 0 Å². The molecule has 0 aliphatic carbocycles. The Labute approximate surface area is 99.0 Å². The van der Waals surface area contributed by atoms with E-state index in [-0.39, 0.29) is 13.2 Å². The number of nitrogens with one attached hydrogen (secondary N) is 1. The van der Waals surface area contributed by atoms with Crippen LogP contribution >= 0.6 is 0 Å². The second-order valence-corrected chi connectivity index (χ2v) is 4.04. The van der Waals surface area contributed by atoms with Crippen LogP contribution in [0.3, 0.4) is 0 Å². The zero-order valence-electron chi connectivity index (χ0n) is 9.24. The summed E-state index contributed by atoms with van der Waals surface area (Å²) in [7, 11) is 0. The van der Waals surface area contributed by atoms with Gasteiger partial charge in [-0.05, 0) is 5.56 Å². The monoisotopic (exact) mass is 237 g/mol. The largest absolute Gasteiger partial charge is 0.460 e. The normalized spacial score (nSPS) is 28.0. The molecule has 1 heterocycles. The van der Waals surface area contributed by atoms with Gasteiger partial charge in [0.05, 0.1) is 6.10 Å². The SMILES string of the molecule is O=C(OCc1ccccc1)[C@H]1NC[C@H](O)[C@@H]1O. The Balaban J connectivity index is 1.86. The van der Waals surface area contributed by atoms with Crippen molar-refractivity contribution in [3.63, 3.8) is 0 Å². The summed E-state index contributed by atoms with van der Waals surface area (Å²) in [6, 6.07) is 8.45. The van der Waals surface area contributed by atoms with Crippen LogP contribution in [0.25, 0.3) is 0 Å². The molecule has 2 rings (SSSR count). The molecule has 0 amide bonds. The average molecular weight is 237 g/mol. The molecule has 5 heteroatoms. The summed E-state index contributed by atoms with van der Waals surface area (Å²) in [6.45, 7) is 0.368. The number of aliphatic hydroxyl groups is 2. The van der Waals surface area contributed by atoms with E-state index in [1.807, 2.05) is 30.3 Å². The highest BCUT2D eigenvalue weighted by molar-refractivity contribution is 5.77. The Morgan fingerprint density at radius 2 is 2.06 bits per heavy atom. The summed E-state index contributed by atoms with van der Waals surface area (Å²) >= 11 is 0. The molecule has 1 aliphatic heterocycles. The summed E-state index contributed by atoms with van der Waals surface area (Å²) < 4.78 is 5.06. The van der Waals surface area contributed by atoms with E-state index in [0.717, 1.165) is 5.56 Å². The van der Waals surface area contributed by atoms with Crippen molar-refractivity contribution in [1.82, 2.24) is 5.32 Å². The molecule has 1 aromatic rings. The molecule has 5 nitrogen and oxygen atoms in total. The molecule has 3 N–H and O–H groups in total. The molecule has 17 heavy (non-hydrogen) atoms. The van der Waals surface area contributed by atoms with Crippen LogP contribution in [0.4, 0.5) is 0 Å². The van der Waals surface area contributed by atoms with E-state index in [2.05, 4.69) is 5.32 Å². The van der Waals surface area contributed by atoms with E-state index in [1.54, 1.807) is 0 Å². The Kier molecular flexibility index (Phi) is 3.73. The van der Waals surface area contributed by atoms with Crippen LogP contribution in [0.2, 0.25) is 0 Å². The van der Waals surface area contributed by atoms with Crippen molar-refractivity contribution in [3.8, 4) is 0 Å². The predicted octanol–water partition coefficient (Wildman–Crippen LogP) is -0.577. The summed E-state index contributed by atoms with van der Waals surface area (Å²) in [5.41, 5.74) is 0.883. The quantitative estimate of drug-likeness (QED) is 0.613. The van der Waals surface area contributed by atoms with Gasteiger partial charge < -0.3 is 14.9 Å². The lowest BCUT2D eigenvalue weighted by molar-refractivity contribution is -0.150. The first-order valence-corrected chi connectivity index (χ1v) is 5.48. The fourth-order valence-electron chi connectivity index (χ4n) is 1.75. The van der Waals surface area contributed by atoms with Crippen LogP contribution in [0.1, 0.15) is 5.56 Å². The number of benzene rings is 1. The molecule has 0 unspecified atom stereocenters. The van der Waals surface area contributed by atoms with Crippen LogP contribution in [-0.4, -0.2) is 41.0 Å². The van der Waals surface area contributed by atoms with Crippen molar-refractivity contribution in [2.24, 2.45) is 0 Å². The molecule has 0 aromatic heterocycles. The van der Waals surface area contributed by atoms with Gasteiger partial charge in [0.2, 0.25) is 0 Å².